The average Bonchev–Trinajstić information content (AvgIpc) is 2.76. The van der Waals surface area contributed by atoms with Crippen LogP contribution in [0.5, 0.6) is 0 Å². The highest BCUT2D eigenvalue weighted by Crippen LogP contribution is 2.27. The first-order chi connectivity index (χ1) is 9.52. The van der Waals surface area contributed by atoms with Crippen molar-refractivity contribution in [3.05, 3.63) is 50.7 Å². The summed E-state index contributed by atoms with van der Waals surface area (Å²) in [7, 11) is 0. The highest BCUT2D eigenvalue weighted by Gasteiger charge is 2.17. The molecule has 1 aromatic heterocycles. The predicted octanol–water partition coefficient (Wildman–Crippen LogP) is 4.50. The lowest BCUT2D eigenvalue weighted by Crippen LogP contribution is -2.19. The Morgan fingerprint density at radius 2 is 1.95 bits per heavy atom. The second-order valence-electron chi connectivity index (χ2n) is 4.66. The Bertz CT molecular complexity index is 595. The summed E-state index contributed by atoms with van der Waals surface area (Å²) >= 11 is 18.1. The van der Waals surface area contributed by atoms with E-state index < -0.39 is 0 Å². The standard InChI is InChI=1S/C14H16Cl3N3/c1-2-5-20-14(12(17)8-19-20)13(18)7-9-3-4-10(15)11(16)6-9/h3-4,6,8,13H,2,5,7,18H2,1H3. The number of aryl methyl sites for hydroxylation is 1. The van der Waals surface area contributed by atoms with E-state index in [4.69, 9.17) is 40.5 Å². The summed E-state index contributed by atoms with van der Waals surface area (Å²) in [5, 5.41) is 5.93. The van der Waals surface area contributed by atoms with Gasteiger partial charge in [0.1, 0.15) is 0 Å². The molecule has 1 unspecified atom stereocenters. The molecule has 108 valence electrons. The van der Waals surface area contributed by atoms with Gasteiger partial charge in [0.2, 0.25) is 0 Å². The SMILES string of the molecule is CCCn1ncc(Cl)c1C(N)Cc1ccc(Cl)c(Cl)c1. The molecule has 0 bridgehead atoms. The van der Waals surface area contributed by atoms with Gasteiger partial charge >= 0.3 is 0 Å². The van der Waals surface area contributed by atoms with Crippen LogP contribution in [0, 0.1) is 0 Å². The van der Waals surface area contributed by atoms with E-state index in [9.17, 15) is 0 Å². The van der Waals surface area contributed by atoms with Crippen LogP contribution in [0.3, 0.4) is 0 Å². The fraction of sp³-hybridized carbons (Fsp3) is 0.357. The summed E-state index contributed by atoms with van der Waals surface area (Å²) in [6, 6.07) is 5.30. The second kappa shape index (κ2) is 6.81. The minimum Gasteiger partial charge on any atom is -0.322 e. The third-order valence-electron chi connectivity index (χ3n) is 3.06. The van der Waals surface area contributed by atoms with E-state index in [2.05, 4.69) is 12.0 Å². The van der Waals surface area contributed by atoms with Crippen molar-refractivity contribution in [2.45, 2.75) is 32.4 Å². The maximum atomic E-state index is 6.27. The number of benzene rings is 1. The summed E-state index contributed by atoms with van der Waals surface area (Å²) < 4.78 is 1.87. The molecule has 1 atom stereocenters. The van der Waals surface area contributed by atoms with E-state index in [-0.39, 0.29) is 6.04 Å². The second-order valence-corrected chi connectivity index (χ2v) is 5.88. The van der Waals surface area contributed by atoms with Crippen LogP contribution in [-0.4, -0.2) is 9.78 Å². The monoisotopic (exact) mass is 331 g/mol. The van der Waals surface area contributed by atoms with Gasteiger partial charge < -0.3 is 5.73 Å². The molecule has 2 N–H and O–H groups in total. The van der Waals surface area contributed by atoms with Gasteiger partial charge in [0, 0.05) is 6.54 Å². The zero-order valence-corrected chi connectivity index (χ0v) is 13.4. The number of aromatic nitrogens is 2. The Morgan fingerprint density at radius 3 is 2.60 bits per heavy atom. The summed E-state index contributed by atoms with van der Waals surface area (Å²) in [5.74, 6) is 0. The highest BCUT2D eigenvalue weighted by atomic mass is 35.5. The van der Waals surface area contributed by atoms with Crippen molar-refractivity contribution < 1.29 is 0 Å². The van der Waals surface area contributed by atoms with Gasteiger partial charge in [0.25, 0.3) is 0 Å². The zero-order valence-electron chi connectivity index (χ0n) is 11.1. The Morgan fingerprint density at radius 1 is 1.20 bits per heavy atom. The van der Waals surface area contributed by atoms with E-state index >= 15 is 0 Å². The first-order valence-electron chi connectivity index (χ1n) is 6.43. The third kappa shape index (κ3) is 3.47. The predicted molar refractivity (Wildman–Crippen MR) is 84.6 cm³/mol. The molecule has 0 spiro atoms. The third-order valence-corrected chi connectivity index (χ3v) is 4.09. The minimum atomic E-state index is -0.228. The molecule has 0 saturated heterocycles. The Balaban J connectivity index is 2.21. The summed E-state index contributed by atoms with van der Waals surface area (Å²) in [6.45, 7) is 2.89. The number of hydrogen-bond acceptors (Lipinski definition) is 2. The lowest BCUT2D eigenvalue weighted by Gasteiger charge is -2.15. The van der Waals surface area contributed by atoms with Gasteiger partial charge in [0.15, 0.2) is 0 Å². The maximum Gasteiger partial charge on any atom is 0.0834 e. The first-order valence-corrected chi connectivity index (χ1v) is 7.57. The fourth-order valence-electron chi connectivity index (χ4n) is 2.15. The number of nitrogens with zero attached hydrogens (tertiary/aromatic N) is 2. The van der Waals surface area contributed by atoms with Gasteiger partial charge in [-0.25, -0.2) is 0 Å². The van der Waals surface area contributed by atoms with Crippen molar-refractivity contribution in [3.8, 4) is 0 Å². The van der Waals surface area contributed by atoms with Gasteiger partial charge in [-0.05, 0) is 30.5 Å². The molecule has 1 heterocycles. The molecule has 0 aliphatic carbocycles. The number of hydrogen-bond donors (Lipinski definition) is 1. The van der Waals surface area contributed by atoms with Crippen molar-refractivity contribution in [2.24, 2.45) is 5.73 Å². The zero-order chi connectivity index (χ0) is 14.7. The van der Waals surface area contributed by atoms with Crippen LogP contribution in [0.4, 0.5) is 0 Å². The molecule has 0 aliphatic heterocycles. The number of halogens is 3. The van der Waals surface area contributed by atoms with Crippen LogP contribution in [-0.2, 0) is 13.0 Å². The van der Waals surface area contributed by atoms with E-state index in [1.165, 1.54) is 0 Å². The normalized spacial score (nSPS) is 12.7. The van der Waals surface area contributed by atoms with Gasteiger partial charge in [0.05, 0.1) is 33.0 Å². The van der Waals surface area contributed by atoms with E-state index in [0.29, 0.717) is 21.5 Å². The van der Waals surface area contributed by atoms with Crippen LogP contribution in [0.1, 0.15) is 30.6 Å². The Kier molecular flexibility index (Phi) is 5.33. The molecular formula is C14H16Cl3N3. The topological polar surface area (TPSA) is 43.8 Å². The van der Waals surface area contributed by atoms with Gasteiger partial charge in [-0.2, -0.15) is 5.10 Å². The summed E-state index contributed by atoms with van der Waals surface area (Å²) in [6.07, 6.45) is 3.25. The maximum absolute atomic E-state index is 6.27. The van der Waals surface area contributed by atoms with Crippen molar-refractivity contribution in [2.75, 3.05) is 0 Å². The molecule has 2 aromatic rings. The molecule has 20 heavy (non-hydrogen) atoms. The molecule has 0 fully saturated rings. The van der Waals surface area contributed by atoms with Crippen molar-refractivity contribution in [3.63, 3.8) is 0 Å². The lowest BCUT2D eigenvalue weighted by atomic mass is 10.0. The van der Waals surface area contributed by atoms with E-state index in [1.54, 1.807) is 12.3 Å². The van der Waals surface area contributed by atoms with E-state index in [0.717, 1.165) is 24.2 Å². The fourth-order valence-corrected chi connectivity index (χ4v) is 2.75. The first kappa shape index (κ1) is 15.6. The molecule has 2 rings (SSSR count). The quantitative estimate of drug-likeness (QED) is 0.876. The largest absolute Gasteiger partial charge is 0.322 e. The molecule has 1 aromatic carbocycles. The van der Waals surface area contributed by atoms with Gasteiger partial charge in [-0.15, -0.1) is 0 Å². The van der Waals surface area contributed by atoms with E-state index in [1.807, 2.05) is 16.8 Å². The highest BCUT2D eigenvalue weighted by molar-refractivity contribution is 6.42. The van der Waals surface area contributed by atoms with Gasteiger partial charge in [-0.1, -0.05) is 47.8 Å². The Labute approximate surface area is 133 Å². The van der Waals surface area contributed by atoms with Crippen LogP contribution < -0.4 is 5.73 Å². The van der Waals surface area contributed by atoms with Crippen LogP contribution in [0.15, 0.2) is 24.4 Å². The van der Waals surface area contributed by atoms with Crippen molar-refractivity contribution >= 4 is 34.8 Å². The number of rotatable bonds is 5. The summed E-state index contributed by atoms with van der Waals surface area (Å²) in [5.41, 5.74) is 8.15. The molecule has 0 aliphatic rings. The Hall–Kier alpha value is -0.740. The molecule has 3 nitrogen and oxygen atoms in total. The average molecular weight is 333 g/mol. The minimum absolute atomic E-state index is 0.228. The number of nitrogens with two attached hydrogens (primary N) is 1. The molecule has 0 radical (unpaired) electrons. The van der Waals surface area contributed by atoms with Crippen molar-refractivity contribution in [1.82, 2.24) is 9.78 Å². The lowest BCUT2D eigenvalue weighted by molar-refractivity contribution is 0.538. The van der Waals surface area contributed by atoms with Gasteiger partial charge in [-0.3, -0.25) is 4.68 Å². The smallest absolute Gasteiger partial charge is 0.0834 e. The van der Waals surface area contributed by atoms with Crippen LogP contribution in [0.25, 0.3) is 0 Å². The van der Waals surface area contributed by atoms with Crippen LogP contribution >= 0.6 is 34.8 Å². The molecule has 6 heteroatoms. The molecule has 0 saturated carbocycles. The molecule has 0 amide bonds. The van der Waals surface area contributed by atoms with Crippen molar-refractivity contribution in [1.29, 1.82) is 0 Å². The molecular weight excluding hydrogens is 317 g/mol. The van der Waals surface area contributed by atoms with Crippen LogP contribution in [0.2, 0.25) is 15.1 Å². The summed E-state index contributed by atoms with van der Waals surface area (Å²) in [4.78, 5) is 0.